The monoisotopic (exact) mass is 265 g/mol. The lowest BCUT2D eigenvalue weighted by molar-refractivity contribution is -0.143. The summed E-state index contributed by atoms with van der Waals surface area (Å²) in [7, 11) is 5.10. The van der Waals surface area contributed by atoms with E-state index in [0.29, 0.717) is 13.2 Å². The molecule has 0 N–H and O–H groups in total. The van der Waals surface area contributed by atoms with Crippen LogP contribution in [0.1, 0.15) is 18.4 Å². The number of carbonyl (C=O) groups excluding carboxylic acids is 1. The van der Waals surface area contributed by atoms with Gasteiger partial charge in [-0.15, -0.1) is 0 Å². The van der Waals surface area contributed by atoms with Gasteiger partial charge in [0, 0.05) is 19.7 Å². The summed E-state index contributed by atoms with van der Waals surface area (Å²) in [6.07, 6.45) is 0. The van der Waals surface area contributed by atoms with E-state index >= 15 is 0 Å². The van der Waals surface area contributed by atoms with Gasteiger partial charge >= 0.3 is 5.97 Å². The molecule has 0 aromatic heterocycles. The molecule has 106 valence electrons. The first kappa shape index (κ1) is 15.7. The first-order valence-corrected chi connectivity index (χ1v) is 6.42. The number of benzene rings is 1. The Bertz CT molecular complexity index is 380. The molecule has 0 radical (unpaired) electrons. The second-order valence-electron chi connectivity index (χ2n) is 4.73. The molecule has 2 unspecified atom stereocenters. The normalized spacial score (nSPS) is 14.2. The number of nitrogens with zero attached hydrogens (tertiary/aromatic N) is 1. The smallest absolute Gasteiger partial charge is 0.314 e. The third-order valence-electron chi connectivity index (χ3n) is 3.32. The fourth-order valence-electron chi connectivity index (χ4n) is 1.98. The lowest BCUT2D eigenvalue weighted by atomic mass is 9.98. The van der Waals surface area contributed by atoms with E-state index in [1.165, 1.54) is 7.11 Å². The van der Waals surface area contributed by atoms with Gasteiger partial charge in [-0.1, -0.05) is 30.3 Å². The van der Waals surface area contributed by atoms with E-state index in [1.54, 1.807) is 7.11 Å². The van der Waals surface area contributed by atoms with Gasteiger partial charge in [0.1, 0.15) is 0 Å². The molecule has 0 aliphatic carbocycles. The van der Waals surface area contributed by atoms with Gasteiger partial charge in [0.2, 0.25) is 0 Å². The summed E-state index contributed by atoms with van der Waals surface area (Å²) in [5.74, 6) is -0.474. The van der Waals surface area contributed by atoms with Crippen LogP contribution in [0.3, 0.4) is 0 Å². The molecule has 2 atom stereocenters. The number of hydrogen-bond donors (Lipinski definition) is 0. The molecule has 0 amide bonds. The van der Waals surface area contributed by atoms with Gasteiger partial charge in [-0.25, -0.2) is 0 Å². The second-order valence-corrected chi connectivity index (χ2v) is 4.73. The van der Waals surface area contributed by atoms with Crippen LogP contribution in [-0.2, 0) is 14.3 Å². The van der Waals surface area contributed by atoms with E-state index in [1.807, 2.05) is 37.4 Å². The van der Waals surface area contributed by atoms with Crippen molar-refractivity contribution in [2.75, 3.05) is 34.4 Å². The zero-order chi connectivity index (χ0) is 14.3. The predicted molar refractivity (Wildman–Crippen MR) is 75.2 cm³/mol. The average molecular weight is 265 g/mol. The third kappa shape index (κ3) is 4.65. The van der Waals surface area contributed by atoms with Crippen molar-refractivity contribution in [2.24, 2.45) is 0 Å². The summed E-state index contributed by atoms with van der Waals surface area (Å²) in [6, 6.07) is 9.97. The predicted octanol–water partition coefficient (Wildman–Crippen LogP) is 1.91. The fraction of sp³-hybridized carbons (Fsp3) is 0.533. The van der Waals surface area contributed by atoms with Crippen molar-refractivity contribution >= 4 is 5.97 Å². The molecule has 1 rings (SSSR count). The van der Waals surface area contributed by atoms with E-state index < -0.39 is 0 Å². The number of hydrogen-bond acceptors (Lipinski definition) is 4. The number of ether oxygens (including phenoxy) is 2. The van der Waals surface area contributed by atoms with Crippen LogP contribution in [0.15, 0.2) is 30.3 Å². The molecule has 0 heterocycles. The van der Waals surface area contributed by atoms with Crippen molar-refractivity contribution in [3.8, 4) is 0 Å². The molecular weight excluding hydrogens is 242 g/mol. The molecule has 0 saturated carbocycles. The van der Waals surface area contributed by atoms with Gasteiger partial charge in [0.05, 0.1) is 19.6 Å². The molecule has 1 aromatic rings. The topological polar surface area (TPSA) is 38.8 Å². The second kappa shape index (κ2) is 7.92. The quantitative estimate of drug-likeness (QED) is 0.706. The summed E-state index contributed by atoms with van der Waals surface area (Å²) in [4.78, 5) is 14.1. The number of rotatable bonds is 7. The average Bonchev–Trinajstić information content (AvgIpc) is 2.44. The Balaban J connectivity index is 2.79. The largest absolute Gasteiger partial charge is 0.469 e. The summed E-state index contributed by atoms with van der Waals surface area (Å²) < 4.78 is 10.1. The minimum atomic E-state index is -0.268. The molecule has 0 fully saturated rings. The maximum atomic E-state index is 11.9. The molecule has 0 bridgehead atoms. The Kier molecular flexibility index (Phi) is 6.53. The Morgan fingerprint density at radius 3 is 2.42 bits per heavy atom. The summed E-state index contributed by atoms with van der Waals surface area (Å²) in [5.41, 5.74) is 0.978. The van der Waals surface area contributed by atoms with E-state index in [9.17, 15) is 4.79 Å². The zero-order valence-corrected chi connectivity index (χ0v) is 12.1. The van der Waals surface area contributed by atoms with Crippen molar-refractivity contribution in [3.05, 3.63) is 35.9 Å². The SMILES string of the molecule is COCC(C)N(C)CC(C(=O)OC)c1ccccc1. The molecule has 0 spiro atoms. The van der Waals surface area contributed by atoms with Gasteiger partial charge in [-0.05, 0) is 19.5 Å². The van der Waals surface area contributed by atoms with Crippen molar-refractivity contribution in [3.63, 3.8) is 0 Å². The minimum Gasteiger partial charge on any atom is -0.469 e. The van der Waals surface area contributed by atoms with Crippen LogP contribution in [0.25, 0.3) is 0 Å². The van der Waals surface area contributed by atoms with E-state index in [-0.39, 0.29) is 17.9 Å². The summed E-state index contributed by atoms with van der Waals surface area (Å²) in [6.45, 7) is 3.32. The standard InChI is InChI=1S/C15H23NO3/c1-12(11-18-3)16(2)10-14(15(17)19-4)13-8-6-5-7-9-13/h5-9,12,14H,10-11H2,1-4H3. The van der Waals surface area contributed by atoms with Gasteiger partial charge in [0.25, 0.3) is 0 Å². The number of methoxy groups -OCH3 is 2. The maximum Gasteiger partial charge on any atom is 0.314 e. The zero-order valence-electron chi connectivity index (χ0n) is 12.1. The molecule has 0 aliphatic rings. The highest BCUT2D eigenvalue weighted by molar-refractivity contribution is 5.78. The number of carbonyl (C=O) groups is 1. The van der Waals surface area contributed by atoms with Crippen molar-refractivity contribution in [2.45, 2.75) is 18.9 Å². The van der Waals surface area contributed by atoms with Crippen LogP contribution in [0.2, 0.25) is 0 Å². The third-order valence-corrected chi connectivity index (χ3v) is 3.32. The number of esters is 1. The van der Waals surface area contributed by atoms with E-state index in [4.69, 9.17) is 9.47 Å². The van der Waals surface area contributed by atoms with Crippen LogP contribution in [0, 0.1) is 0 Å². The molecule has 0 saturated heterocycles. The fourth-order valence-corrected chi connectivity index (χ4v) is 1.98. The highest BCUT2D eigenvalue weighted by atomic mass is 16.5. The molecule has 4 heteroatoms. The molecular formula is C15H23NO3. The van der Waals surface area contributed by atoms with Gasteiger partial charge in [-0.2, -0.15) is 0 Å². The number of likely N-dealkylation sites (N-methyl/N-ethyl adjacent to an activating group) is 1. The van der Waals surface area contributed by atoms with Crippen LogP contribution in [-0.4, -0.2) is 51.3 Å². The Labute approximate surface area is 115 Å². The Hall–Kier alpha value is -1.39. The van der Waals surface area contributed by atoms with Crippen LogP contribution >= 0.6 is 0 Å². The van der Waals surface area contributed by atoms with Crippen molar-refractivity contribution in [1.29, 1.82) is 0 Å². The van der Waals surface area contributed by atoms with Crippen LogP contribution in [0.4, 0.5) is 0 Å². The Morgan fingerprint density at radius 1 is 1.26 bits per heavy atom. The van der Waals surface area contributed by atoms with Crippen molar-refractivity contribution < 1.29 is 14.3 Å². The molecule has 19 heavy (non-hydrogen) atoms. The molecule has 0 aliphatic heterocycles. The summed E-state index contributed by atoms with van der Waals surface area (Å²) >= 11 is 0. The first-order chi connectivity index (χ1) is 9.10. The highest BCUT2D eigenvalue weighted by Gasteiger charge is 2.24. The minimum absolute atomic E-state index is 0.206. The molecule has 1 aromatic carbocycles. The highest BCUT2D eigenvalue weighted by Crippen LogP contribution is 2.19. The summed E-state index contributed by atoms with van der Waals surface area (Å²) in [5, 5.41) is 0. The first-order valence-electron chi connectivity index (χ1n) is 6.42. The van der Waals surface area contributed by atoms with E-state index in [2.05, 4.69) is 11.8 Å². The Morgan fingerprint density at radius 2 is 1.89 bits per heavy atom. The van der Waals surface area contributed by atoms with Gasteiger partial charge in [0.15, 0.2) is 0 Å². The van der Waals surface area contributed by atoms with Gasteiger partial charge < -0.3 is 14.4 Å². The lowest BCUT2D eigenvalue weighted by Crippen LogP contribution is -2.38. The van der Waals surface area contributed by atoms with Crippen LogP contribution < -0.4 is 0 Å². The lowest BCUT2D eigenvalue weighted by Gasteiger charge is -2.27. The van der Waals surface area contributed by atoms with E-state index in [0.717, 1.165) is 5.56 Å². The maximum absolute atomic E-state index is 11.9. The van der Waals surface area contributed by atoms with Crippen molar-refractivity contribution in [1.82, 2.24) is 4.90 Å². The van der Waals surface area contributed by atoms with Gasteiger partial charge in [-0.3, -0.25) is 4.79 Å². The van der Waals surface area contributed by atoms with Crippen LogP contribution in [0.5, 0.6) is 0 Å². The molecule has 4 nitrogen and oxygen atoms in total.